The summed E-state index contributed by atoms with van der Waals surface area (Å²) in [5.41, 5.74) is 0. The van der Waals surface area contributed by atoms with Crippen LogP contribution in [0.2, 0.25) is 0 Å². The summed E-state index contributed by atoms with van der Waals surface area (Å²) in [6.07, 6.45) is 0. The van der Waals surface area contributed by atoms with Crippen molar-refractivity contribution in [2.45, 2.75) is 4.90 Å². The number of thiol groups is 1. The molecular formula is C8H5IOS2. The van der Waals surface area contributed by atoms with Crippen LogP contribution < -0.4 is 0 Å². The van der Waals surface area contributed by atoms with Gasteiger partial charge in [0.15, 0.2) is 5.06 Å². The first kappa shape index (κ1) is 8.65. The fraction of sp³-hybridized carbons (Fsp3) is 0. The molecule has 1 aromatic carbocycles. The molecule has 1 aromatic heterocycles. The normalized spacial score (nSPS) is 10.8. The molecule has 0 saturated carbocycles. The van der Waals surface area contributed by atoms with E-state index in [4.69, 9.17) is 0 Å². The van der Waals surface area contributed by atoms with Gasteiger partial charge in [-0.3, -0.25) is 0 Å². The Bertz CT molecular complexity index is 397. The lowest BCUT2D eigenvalue weighted by Gasteiger charge is -1.95. The van der Waals surface area contributed by atoms with Crippen LogP contribution in [0.5, 0.6) is 5.06 Å². The molecule has 0 saturated heterocycles. The van der Waals surface area contributed by atoms with Crippen molar-refractivity contribution in [3.05, 3.63) is 21.8 Å². The molecule has 0 aliphatic heterocycles. The number of rotatable bonds is 0. The Balaban J connectivity index is 2.93. The molecule has 0 fully saturated rings. The predicted molar refractivity (Wildman–Crippen MR) is 63.5 cm³/mol. The van der Waals surface area contributed by atoms with Crippen LogP contribution in [0, 0.1) is 3.57 Å². The van der Waals surface area contributed by atoms with Crippen LogP contribution in [0.1, 0.15) is 0 Å². The molecule has 0 atom stereocenters. The summed E-state index contributed by atoms with van der Waals surface area (Å²) in [6.45, 7) is 0. The number of aromatic hydroxyl groups is 1. The van der Waals surface area contributed by atoms with Crippen LogP contribution in [0.25, 0.3) is 10.1 Å². The van der Waals surface area contributed by atoms with E-state index in [1.165, 1.54) is 11.3 Å². The van der Waals surface area contributed by atoms with Gasteiger partial charge in [-0.2, -0.15) is 0 Å². The van der Waals surface area contributed by atoms with Gasteiger partial charge in [0.2, 0.25) is 0 Å². The Hall–Kier alpha value is 0.0600. The molecule has 0 aliphatic rings. The van der Waals surface area contributed by atoms with Gasteiger partial charge in [0, 0.05) is 19.9 Å². The zero-order chi connectivity index (χ0) is 8.72. The Morgan fingerprint density at radius 3 is 2.83 bits per heavy atom. The fourth-order valence-electron chi connectivity index (χ4n) is 1.06. The van der Waals surface area contributed by atoms with Crippen molar-refractivity contribution in [3.8, 4) is 5.06 Å². The lowest BCUT2D eigenvalue weighted by molar-refractivity contribution is 0.491. The highest BCUT2D eigenvalue weighted by atomic mass is 127. The van der Waals surface area contributed by atoms with Crippen molar-refractivity contribution in [3.63, 3.8) is 0 Å². The summed E-state index contributed by atoms with van der Waals surface area (Å²) >= 11 is 7.95. The number of fused-ring (bicyclic) bond motifs is 1. The van der Waals surface area contributed by atoms with E-state index < -0.39 is 0 Å². The van der Waals surface area contributed by atoms with Crippen LogP contribution in [0.3, 0.4) is 0 Å². The molecule has 2 aromatic rings. The highest BCUT2D eigenvalue weighted by Crippen LogP contribution is 2.36. The standard InChI is InChI=1S/C8H5IOS2/c9-5-1-2-6(11)4-3-7(10)12-8(4)5/h1-3,10-11H. The molecule has 0 spiro atoms. The largest absolute Gasteiger partial charge is 0.499 e. The molecule has 1 N–H and O–H groups in total. The van der Waals surface area contributed by atoms with Crippen molar-refractivity contribution in [1.82, 2.24) is 0 Å². The van der Waals surface area contributed by atoms with Gasteiger partial charge >= 0.3 is 0 Å². The van der Waals surface area contributed by atoms with Crippen molar-refractivity contribution in [2.24, 2.45) is 0 Å². The molecule has 0 bridgehead atoms. The van der Waals surface area contributed by atoms with Gasteiger partial charge in [0.1, 0.15) is 0 Å². The highest BCUT2D eigenvalue weighted by molar-refractivity contribution is 14.1. The third-order valence-corrected chi connectivity index (χ3v) is 4.23. The van der Waals surface area contributed by atoms with Crippen molar-refractivity contribution < 1.29 is 5.11 Å². The van der Waals surface area contributed by atoms with E-state index in [2.05, 4.69) is 35.2 Å². The number of halogens is 1. The molecule has 2 rings (SSSR count). The summed E-state index contributed by atoms with van der Waals surface area (Å²) in [7, 11) is 0. The van der Waals surface area contributed by atoms with E-state index in [9.17, 15) is 5.11 Å². The minimum absolute atomic E-state index is 0.351. The van der Waals surface area contributed by atoms with Crippen molar-refractivity contribution in [1.29, 1.82) is 0 Å². The molecule has 0 radical (unpaired) electrons. The van der Waals surface area contributed by atoms with E-state index in [1.807, 2.05) is 12.1 Å². The van der Waals surface area contributed by atoms with Gasteiger partial charge in [0.05, 0.1) is 4.70 Å². The van der Waals surface area contributed by atoms with Gasteiger partial charge in [-0.15, -0.1) is 12.6 Å². The van der Waals surface area contributed by atoms with Gasteiger partial charge in [-0.05, 0) is 34.7 Å². The third kappa shape index (κ3) is 1.31. The van der Waals surface area contributed by atoms with E-state index in [-0.39, 0.29) is 0 Å². The van der Waals surface area contributed by atoms with Gasteiger partial charge in [0.25, 0.3) is 0 Å². The van der Waals surface area contributed by atoms with Crippen LogP contribution in [0.4, 0.5) is 0 Å². The number of hydrogen-bond donors (Lipinski definition) is 2. The van der Waals surface area contributed by atoms with Gasteiger partial charge in [-0.25, -0.2) is 0 Å². The van der Waals surface area contributed by atoms with E-state index >= 15 is 0 Å². The Morgan fingerprint density at radius 2 is 2.17 bits per heavy atom. The average molecular weight is 308 g/mol. The van der Waals surface area contributed by atoms with E-state index in [1.54, 1.807) is 6.07 Å². The first-order valence-electron chi connectivity index (χ1n) is 3.28. The Morgan fingerprint density at radius 1 is 1.42 bits per heavy atom. The summed E-state index contributed by atoms with van der Waals surface area (Å²) in [4.78, 5) is 0.918. The second-order valence-corrected chi connectivity index (χ2v) is 5.07. The smallest absolute Gasteiger partial charge is 0.172 e. The fourth-order valence-corrected chi connectivity index (χ4v) is 3.02. The minimum atomic E-state index is 0.351. The molecular weight excluding hydrogens is 303 g/mol. The quantitative estimate of drug-likeness (QED) is 0.564. The van der Waals surface area contributed by atoms with Crippen LogP contribution in [-0.4, -0.2) is 5.11 Å². The summed E-state index contributed by atoms with van der Waals surface area (Å²) in [6, 6.07) is 5.70. The zero-order valence-electron chi connectivity index (χ0n) is 5.91. The molecule has 62 valence electrons. The second kappa shape index (κ2) is 3.08. The molecule has 0 unspecified atom stereocenters. The molecule has 0 amide bonds. The highest BCUT2D eigenvalue weighted by Gasteiger charge is 2.06. The summed E-state index contributed by atoms with van der Waals surface area (Å²) < 4.78 is 2.27. The molecule has 4 heteroatoms. The number of thiophene rings is 1. The maximum Gasteiger partial charge on any atom is 0.172 e. The van der Waals surface area contributed by atoms with Gasteiger partial charge < -0.3 is 5.11 Å². The lowest BCUT2D eigenvalue weighted by Crippen LogP contribution is -1.71. The topological polar surface area (TPSA) is 20.2 Å². The minimum Gasteiger partial charge on any atom is -0.499 e. The molecule has 0 aliphatic carbocycles. The van der Waals surface area contributed by atoms with Crippen molar-refractivity contribution in [2.75, 3.05) is 0 Å². The van der Waals surface area contributed by atoms with Crippen molar-refractivity contribution >= 4 is 56.6 Å². The predicted octanol–water partition coefficient (Wildman–Crippen LogP) is 3.50. The lowest BCUT2D eigenvalue weighted by atomic mass is 10.3. The van der Waals surface area contributed by atoms with Crippen LogP contribution >= 0.6 is 46.6 Å². The van der Waals surface area contributed by atoms with Crippen LogP contribution in [-0.2, 0) is 0 Å². The molecule has 1 nitrogen and oxygen atoms in total. The monoisotopic (exact) mass is 308 g/mol. The maximum atomic E-state index is 9.29. The Kier molecular flexibility index (Phi) is 2.22. The third-order valence-electron chi connectivity index (χ3n) is 1.60. The van der Waals surface area contributed by atoms with E-state index in [0.29, 0.717) is 5.06 Å². The zero-order valence-corrected chi connectivity index (χ0v) is 9.78. The Labute approximate surface area is 93.0 Å². The SMILES string of the molecule is Oc1cc2c(S)ccc(I)c2s1. The first-order chi connectivity index (χ1) is 5.68. The van der Waals surface area contributed by atoms with Gasteiger partial charge in [-0.1, -0.05) is 11.3 Å². The number of benzene rings is 1. The average Bonchev–Trinajstić information content (AvgIpc) is 2.41. The maximum absolute atomic E-state index is 9.29. The summed E-state index contributed by atoms with van der Waals surface area (Å²) in [5.74, 6) is 0. The summed E-state index contributed by atoms with van der Waals surface area (Å²) in [5, 5.41) is 10.7. The van der Waals surface area contributed by atoms with E-state index in [0.717, 1.165) is 18.6 Å². The number of hydrogen-bond acceptors (Lipinski definition) is 3. The molecule has 12 heavy (non-hydrogen) atoms. The second-order valence-electron chi connectivity index (χ2n) is 2.39. The molecule has 1 heterocycles. The van der Waals surface area contributed by atoms with Crippen LogP contribution in [0.15, 0.2) is 23.1 Å². The first-order valence-corrected chi connectivity index (χ1v) is 5.62.